The Morgan fingerprint density at radius 3 is 3.04 bits per heavy atom. The Morgan fingerprint density at radius 1 is 1.52 bits per heavy atom. The van der Waals surface area contributed by atoms with Crippen molar-refractivity contribution in [1.29, 1.82) is 0 Å². The van der Waals surface area contributed by atoms with Gasteiger partial charge < -0.3 is 25.0 Å². The maximum atomic E-state index is 11.8. The van der Waals surface area contributed by atoms with Crippen LogP contribution in [0.2, 0.25) is 0 Å². The lowest BCUT2D eigenvalue weighted by atomic mass is 10.1. The van der Waals surface area contributed by atoms with Gasteiger partial charge in [0.1, 0.15) is 12.6 Å². The van der Waals surface area contributed by atoms with Gasteiger partial charge in [0.05, 0.1) is 26.0 Å². The molecule has 1 saturated heterocycles. The molecule has 140 valence electrons. The van der Waals surface area contributed by atoms with E-state index in [2.05, 4.69) is 25.6 Å². The first kappa shape index (κ1) is 19.2. The molecule has 1 fully saturated rings. The van der Waals surface area contributed by atoms with Crippen LogP contribution in [0.25, 0.3) is 0 Å². The van der Waals surface area contributed by atoms with Crippen LogP contribution in [0.4, 0.5) is 0 Å². The lowest BCUT2D eigenvalue weighted by molar-refractivity contribution is -0.119. The van der Waals surface area contributed by atoms with E-state index in [1.807, 2.05) is 26.4 Å². The fourth-order valence-corrected chi connectivity index (χ4v) is 2.57. The van der Waals surface area contributed by atoms with Crippen LogP contribution in [0, 0.1) is 0 Å². The van der Waals surface area contributed by atoms with Crippen molar-refractivity contribution in [2.45, 2.75) is 13.0 Å². The summed E-state index contributed by atoms with van der Waals surface area (Å²) in [6.45, 7) is 5.81. The molecule has 1 amide bonds. The van der Waals surface area contributed by atoms with Crippen LogP contribution in [0.1, 0.15) is 18.6 Å². The molecule has 0 spiro atoms. The van der Waals surface area contributed by atoms with Crippen LogP contribution in [-0.2, 0) is 21.3 Å². The average molecular weight is 352 g/mol. The summed E-state index contributed by atoms with van der Waals surface area (Å²) in [6, 6.07) is 0. The normalized spacial score (nSPS) is 18.3. The number of hydrogen-bond acceptors (Lipinski definition) is 5. The number of rotatable bonds is 7. The predicted molar refractivity (Wildman–Crippen MR) is 94.3 cm³/mol. The molecule has 25 heavy (non-hydrogen) atoms. The van der Waals surface area contributed by atoms with Crippen molar-refractivity contribution in [1.82, 2.24) is 25.3 Å². The molecule has 9 heteroatoms. The van der Waals surface area contributed by atoms with E-state index in [9.17, 15) is 4.79 Å². The molecule has 0 aliphatic carbocycles. The number of nitrogens with zero attached hydrogens (tertiary/aromatic N) is 4. The Morgan fingerprint density at radius 2 is 2.36 bits per heavy atom. The molecule has 9 nitrogen and oxygen atoms in total. The molecule has 1 unspecified atom stereocenters. The largest absolute Gasteiger partial charge is 0.383 e. The molecule has 1 aromatic heterocycles. The van der Waals surface area contributed by atoms with Gasteiger partial charge in [0, 0.05) is 45.6 Å². The molecule has 0 radical (unpaired) electrons. The first-order valence-corrected chi connectivity index (χ1v) is 8.53. The first-order chi connectivity index (χ1) is 12.1. The number of aryl methyl sites for hydroxylation is 1. The quantitative estimate of drug-likeness (QED) is 0.391. The summed E-state index contributed by atoms with van der Waals surface area (Å²) in [5.41, 5.74) is 1.04. The van der Waals surface area contributed by atoms with Crippen LogP contribution in [0.3, 0.4) is 0 Å². The second-order valence-electron chi connectivity index (χ2n) is 5.77. The monoisotopic (exact) mass is 352 g/mol. The third-order valence-electron chi connectivity index (χ3n) is 3.80. The number of nitrogens with one attached hydrogen (secondary N) is 2. The Kier molecular flexibility index (Phi) is 7.68. The van der Waals surface area contributed by atoms with E-state index in [0.29, 0.717) is 26.3 Å². The fraction of sp³-hybridized carbons (Fsp3) is 0.688. The third-order valence-corrected chi connectivity index (χ3v) is 3.80. The number of guanidine groups is 1. The summed E-state index contributed by atoms with van der Waals surface area (Å²) in [6.07, 6.45) is 3.73. The van der Waals surface area contributed by atoms with E-state index in [1.165, 1.54) is 0 Å². The molecule has 0 aromatic carbocycles. The first-order valence-electron chi connectivity index (χ1n) is 8.53. The Balaban J connectivity index is 1.95. The zero-order valence-corrected chi connectivity index (χ0v) is 15.2. The van der Waals surface area contributed by atoms with Crippen molar-refractivity contribution >= 4 is 11.9 Å². The minimum atomic E-state index is -0.121. The Hall–Kier alpha value is -2.13. The number of ether oxygens (including phenoxy) is 2. The summed E-state index contributed by atoms with van der Waals surface area (Å²) in [7, 11) is 3.49. The molecule has 1 atom stereocenters. The highest BCUT2D eigenvalue weighted by Crippen LogP contribution is 2.21. The lowest BCUT2D eigenvalue weighted by Gasteiger charge is -2.34. The van der Waals surface area contributed by atoms with Crippen molar-refractivity contribution in [3.8, 4) is 0 Å². The molecule has 1 aromatic rings. The number of morpholine rings is 1. The molecular formula is C16H28N6O3. The molecule has 1 aliphatic heterocycles. The summed E-state index contributed by atoms with van der Waals surface area (Å²) in [4.78, 5) is 18.4. The fourth-order valence-electron chi connectivity index (χ4n) is 2.57. The van der Waals surface area contributed by atoms with E-state index in [0.717, 1.165) is 24.6 Å². The van der Waals surface area contributed by atoms with Crippen LogP contribution in [0.15, 0.2) is 17.4 Å². The van der Waals surface area contributed by atoms with E-state index in [1.54, 1.807) is 11.8 Å². The van der Waals surface area contributed by atoms with Gasteiger partial charge in [-0.2, -0.15) is 5.10 Å². The van der Waals surface area contributed by atoms with Crippen LogP contribution in [-0.4, -0.2) is 79.6 Å². The van der Waals surface area contributed by atoms with E-state index < -0.39 is 0 Å². The number of amides is 1. The van der Waals surface area contributed by atoms with E-state index in [-0.39, 0.29) is 18.6 Å². The number of hydrogen-bond donors (Lipinski definition) is 2. The second-order valence-corrected chi connectivity index (χ2v) is 5.77. The highest BCUT2D eigenvalue weighted by atomic mass is 16.5. The zero-order chi connectivity index (χ0) is 18.1. The second kappa shape index (κ2) is 10.00. The summed E-state index contributed by atoms with van der Waals surface area (Å²) < 4.78 is 12.5. The minimum absolute atomic E-state index is 0.0539. The van der Waals surface area contributed by atoms with E-state index in [4.69, 9.17) is 9.47 Å². The predicted octanol–water partition coefficient (Wildman–Crippen LogP) is -0.478. The van der Waals surface area contributed by atoms with Crippen LogP contribution >= 0.6 is 0 Å². The van der Waals surface area contributed by atoms with Gasteiger partial charge in [-0.3, -0.25) is 9.48 Å². The summed E-state index contributed by atoms with van der Waals surface area (Å²) in [5, 5.41) is 10.2. The summed E-state index contributed by atoms with van der Waals surface area (Å²) in [5.74, 6) is 0.603. The molecule has 2 heterocycles. The molecule has 2 rings (SSSR count). The number of aliphatic imine (C=N–C) groups is 1. The molecule has 0 saturated carbocycles. The highest BCUT2D eigenvalue weighted by molar-refractivity contribution is 5.85. The maximum absolute atomic E-state index is 11.8. The van der Waals surface area contributed by atoms with Gasteiger partial charge >= 0.3 is 0 Å². The number of carbonyl (C=O) groups is 1. The average Bonchev–Trinajstić information content (AvgIpc) is 3.05. The zero-order valence-electron chi connectivity index (χ0n) is 15.2. The minimum Gasteiger partial charge on any atom is -0.383 e. The van der Waals surface area contributed by atoms with Crippen molar-refractivity contribution in [3.63, 3.8) is 0 Å². The molecular weight excluding hydrogens is 324 g/mol. The van der Waals surface area contributed by atoms with Gasteiger partial charge in [0.2, 0.25) is 5.91 Å². The van der Waals surface area contributed by atoms with Crippen LogP contribution in [0.5, 0.6) is 0 Å². The number of methoxy groups -OCH3 is 1. The van der Waals surface area contributed by atoms with Crippen molar-refractivity contribution < 1.29 is 14.3 Å². The molecule has 1 aliphatic rings. The highest BCUT2D eigenvalue weighted by Gasteiger charge is 2.25. The van der Waals surface area contributed by atoms with Crippen LogP contribution < -0.4 is 10.6 Å². The van der Waals surface area contributed by atoms with Crippen molar-refractivity contribution in [2.75, 3.05) is 53.0 Å². The molecule has 2 N–H and O–H groups in total. The Labute approximate surface area is 148 Å². The van der Waals surface area contributed by atoms with Crippen molar-refractivity contribution in [2.24, 2.45) is 12.0 Å². The number of carbonyl (C=O) groups excluding carboxylic acids is 1. The van der Waals surface area contributed by atoms with E-state index >= 15 is 0 Å². The smallest absolute Gasteiger partial charge is 0.241 e. The Bertz CT molecular complexity index is 574. The molecule has 0 bridgehead atoms. The summed E-state index contributed by atoms with van der Waals surface area (Å²) >= 11 is 0. The van der Waals surface area contributed by atoms with Gasteiger partial charge in [-0.15, -0.1) is 0 Å². The standard InChI is InChI=1S/C16H28N6O3/c1-4-17-16(19-10-15(23)18-5-7-24-3)22-6-8-25-14(12-22)13-9-20-21(2)11-13/h9,11,14H,4-8,10,12H2,1-3H3,(H,17,19)(H,18,23). The topological polar surface area (TPSA) is 93.0 Å². The van der Waals surface area contributed by atoms with Crippen molar-refractivity contribution in [3.05, 3.63) is 18.0 Å². The third kappa shape index (κ3) is 6.02. The van der Waals surface area contributed by atoms with Gasteiger partial charge in [0.15, 0.2) is 5.96 Å². The van der Waals surface area contributed by atoms with Gasteiger partial charge in [0.25, 0.3) is 0 Å². The van der Waals surface area contributed by atoms with Gasteiger partial charge in [-0.1, -0.05) is 0 Å². The van der Waals surface area contributed by atoms with Gasteiger partial charge in [-0.25, -0.2) is 4.99 Å². The van der Waals surface area contributed by atoms with Gasteiger partial charge in [-0.05, 0) is 6.92 Å². The maximum Gasteiger partial charge on any atom is 0.241 e. The lowest BCUT2D eigenvalue weighted by Crippen LogP contribution is -2.48. The number of aromatic nitrogens is 2. The SMILES string of the molecule is CCNC(=NCC(=O)NCCOC)N1CCOC(c2cnn(C)c2)C1.